The zero-order chi connectivity index (χ0) is 17.0. The van der Waals surface area contributed by atoms with Crippen LogP contribution >= 0.6 is 0 Å². The number of ether oxygens (including phenoxy) is 1. The maximum Gasteiger partial charge on any atom is 0.119 e. The van der Waals surface area contributed by atoms with Crippen LogP contribution < -0.4 is 4.74 Å². The molecule has 0 radical (unpaired) electrons. The highest BCUT2D eigenvalue weighted by atomic mass is 19.1. The molecule has 1 saturated carbocycles. The molecule has 1 aliphatic rings. The van der Waals surface area contributed by atoms with Crippen molar-refractivity contribution in [2.75, 3.05) is 6.61 Å². The van der Waals surface area contributed by atoms with Crippen molar-refractivity contribution in [2.45, 2.75) is 77.0 Å². The Morgan fingerprint density at radius 1 is 1.04 bits per heavy atom. The molecule has 0 aliphatic heterocycles. The topological polar surface area (TPSA) is 9.23 Å². The molecule has 0 bridgehead atoms. The fraction of sp³-hybridized carbons (Fsp3) is 0.636. The summed E-state index contributed by atoms with van der Waals surface area (Å²) in [5, 5.41) is 0. The number of benzene rings is 1. The highest BCUT2D eigenvalue weighted by molar-refractivity contribution is 5.29. The molecule has 1 fully saturated rings. The summed E-state index contributed by atoms with van der Waals surface area (Å²) >= 11 is 0. The van der Waals surface area contributed by atoms with Crippen LogP contribution in [0.15, 0.2) is 36.7 Å². The molecule has 0 heterocycles. The third-order valence-corrected chi connectivity index (χ3v) is 5.30. The second kappa shape index (κ2) is 11.3. The predicted octanol–water partition coefficient (Wildman–Crippen LogP) is 7.18. The monoisotopic (exact) mass is 332 g/mol. The first-order valence-corrected chi connectivity index (χ1v) is 9.81. The first-order chi connectivity index (χ1) is 11.8. The molecule has 1 aromatic rings. The van der Waals surface area contributed by atoms with Crippen LogP contribution in [0.2, 0.25) is 0 Å². The number of allylic oxidation sites excluding steroid dienone is 1. The van der Waals surface area contributed by atoms with Gasteiger partial charge in [-0.2, -0.15) is 0 Å². The number of unbranched alkanes of at least 4 members (excludes halogenated alkanes) is 3. The van der Waals surface area contributed by atoms with E-state index < -0.39 is 0 Å². The van der Waals surface area contributed by atoms with Crippen molar-refractivity contribution in [1.29, 1.82) is 0 Å². The maximum atomic E-state index is 12.0. The lowest BCUT2D eigenvalue weighted by atomic mass is 9.77. The average Bonchev–Trinajstić information content (AvgIpc) is 2.63. The summed E-state index contributed by atoms with van der Waals surface area (Å²) in [6.07, 6.45) is 14.4. The van der Waals surface area contributed by atoms with Gasteiger partial charge in [0, 0.05) is 0 Å². The van der Waals surface area contributed by atoms with Gasteiger partial charge in [-0.1, -0.05) is 44.4 Å². The van der Waals surface area contributed by atoms with E-state index in [0.717, 1.165) is 37.5 Å². The summed E-state index contributed by atoms with van der Waals surface area (Å²) in [7, 11) is 0. The average molecular weight is 333 g/mol. The van der Waals surface area contributed by atoms with Crippen LogP contribution in [0.5, 0.6) is 5.75 Å². The smallest absolute Gasteiger partial charge is 0.119 e. The van der Waals surface area contributed by atoms with Gasteiger partial charge < -0.3 is 4.74 Å². The van der Waals surface area contributed by atoms with Gasteiger partial charge in [-0.05, 0) is 74.5 Å². The number of hydrogen-bond donors (Lipinski definition) is 0. The SMILES string of the molecule is CCCCCCOc1ccc([C@H]2CC[C@H](CC/C=C/F)CC2)cc1. The van der Waals surface area contributed by atoms with E-state index in [9.17, 15) is 4.39 Å². The van der Waals surface area contributed by atoms with E-state index >= 15 is 0 Å². The van der Waals surface area contributed by atoms with Gasteiger partial charge in [0.2, 0.25) is 0 Å². The standard InChI is InChI=1S/C22H33FO/c1-2-3-4-7-18-24-22-15-13-21(14-16-22)20-11-9-19(10-12-20)8-5-6-17-23/h6,13-17,19-20H,2-5,7-12,18H2,1H3/b17-6+/t19-,20-. The minimum atomic E-state index is 0.680. The van der Waals surface area contributed by atoms with Crippen molar-refractivity contribution in [3.63, 3.8) is 0 Å². The first-order valence-electron chi connectivity index (χ1n) is 9.81. The second-order valence-electron chi connectivity index (χ2n) is 7.13. The van der Waals surface area contributed by atoms with Crippen LogP contribution in [0.1, 0.15) is 82.6 Å². The van der Waals surface area contributed by atoms with Crippen molar-refractivity contribution in [1.82, 2.24) is 0 Å². The van der Waals surface area contributed by atoms with E-state index in [2.05, 4.69) is 31.2 Å². The van der Waals surface area contributed by atoms with Gasteiger partial charge >= 0.3 is 0 Å². The molecule has 0 aromatic heterocycles. The van der Waals surface area contributed by atoms with E-state index in [4.69, 9.17) is 4.74 Å². The summed E-state index contributed by atoms with van der Waals surface area (Å²) < 4.78 is 17.8. The lowest BCUT2D eigenvalue weighted by Crippen LogP contribution is -2.13. The Kier molecular flexibility index (Phi) is 8.94. The van der Waals surface area contributed by atoms with Crippen LogP contribution in [0.3, 0.4) is 0 Å². The van der Waals surface area contributed by atoms with Gasteiger partial charge in [-0.25, -0.2) is 4.39 Å². The van der Waals surface area contributed by atoms with E-state index in [1.807, 2.05) is 0 Å². The van der Waals surface area contributed by atoms with Crippen molar-refractivity contribution < 1.29 is 9.13 Å². The van der Waals surface area contributed by atoms with E-state index in [-0.39, 0.29) is 0 Å². The zero-order valence-corrected chi connectivity index (χ0v) is 15.2. The molecule has 0 atom stereocenters. The molecule has 134 valence electrons. The molecule has 0 spiro atoms. The van der Waals surface area contributed by atoms with Gasteiger partial charge in [0.1, 0.15) is 5.75 Å². The molecule has 0 unspecified atom stereocenters. The van der Waals surface area contributed by atoms with Crippen LogP contribution in [-0.2, 0) is 0 Å². The fourth-order valence-corrected chi connectivity index (χ4v) is 3.73. The van der Waals surface area contributed by atoms with Crippen molar-refractivity contribution in [3.05, 3.63) is 42.2 Å². The fourth-order valence-electron chi connectivity index (χ4n) is 3.73. The van der Waals surface area contributed by atoms with Crippen LogP contribution in [0.25, 0.3) is 0 Å². The Bertz CT molecular complexity index is 457. The molecule has 1 aromatic carbocycles. The van der Waals surface area contributed by atoms with Gasteiger partial charge in [0.25, 0.3) is 0 Å². The lowest BCUT2D eigenvalue weighted by molar-refractivity contribution is 0.303. The Morgan fingerprint density at radius 3 is 2.46 bits per heavy atom. The summed E-state index contributed by atoms with van der Waals surface area (Å²) in [5.74, 6) is 2.47. The molecule has 0 saturated heterocycles. The molecular weight excluding hydrogens is 299 g/mol. The quantitative estimate of drug-likeness (QED) is 0.412. The van der Waals surface area contributed by atoms with Crippen molar-refractivity contribution in [2.24, 2.45) is 5.92 Å². The Balaban J connectivity index is 1.70. The summed E-state index contributed by atoms with van der Waals surface area (Å²) in [6, 6.07) is 8.76. The first kappa shape index (κ1) is 19.0. The Hall–Kier alpha value is -1.31. The highest BCUT2D eigenvalue weighted by Crippen LogP contribution is 2.37. The van der Waals surface area contributed by atoms with Gasteiger partial charge in [-0.3, -0.25) is 0 Å². The van der Waals surface area contributed by atoms with E-state index in [0.29, 0.717) is 12.2 Å². The molecule has 1 nitrogen and oxygen atoms in total. The van der Waals surface area contributed by atoms with E-state index in [1.54, 1.807) is 6.08 Å². The van der Waals surface area contributed by atoms with Gasteiger partial charge in [0.15, 0.2) is 0 Å². The van der Waals surface area contributed by atoms with Crippen molar-refractivity contribution >= 4 is 0 Å². The maximum absolute atomic E-state index is 12.0. The molecule has 2 heteroatoms. The van der Waals surface area contributed by atoms with Gasteiger partial charge in [0.05, 0.1) is 12.9 Å². The highest BCUT2D eigenvalue weighted by Gasteiger charge is 2.21. The molecule has 0 N–H and O–H groups in total. The summed E-state index contributed by atoms with van der Waals surface area (Å²) in [4.78, 5) is 0. The molecule has 2 rings (SSSR count). The molecular formula is C22H33FO. The summed E-state index contributed by atoms with van der Waals surface area (Å²) in [5.41, 5.74) is 1.45. The second-order valence-corrected chi connectivity index (χ2v) is 7.13. The summed E-state index contributed by atoms with van der Waals surface area (Å²) in [6.45, 7) is 3.06. The van der Waals surface area contributed by atoms with Crippen LogP contribution in [-0.4, -0.2) is 6.61 Å². The molecule has 0 amide bonds. The Morgan fingerprint density at radius 2 is 1.79 bits per heavy atom. The van der Waals surface area contributed by atoms with Crippen molar-refractivity contribution in [3.8, 4) is 5.75 Å². The largest absolute Gasteiger partial charge is 0.494 e. The number of rotatable bonds is 10. The van der Waals surface area contributed by atoms with Gasteiger partial charge in [-0.15, -0.1) is 0 Å². The Labute approximate surface area is 147 Å². The third-order valence-electron chi connectivity index (χ3n) is 5.30. The van der Waals surface area contributed by atoms with Crippen LogP contribution in [0, 0.1) is 5.92 Å². The normalized spacial score (nSPS) is 21.2. The van der Waals surface area contributed by atoms with E-state index in [1.165, 1.54) is 50.5 Å². The predicted molar refractivity (Wildman–Crippen MR) is 100 cm³/mol. The van der Waals surface area contributed by atoms with Crippen LogP contribution in [0.4, 0.5) is 4.39 Å². The third kappa shape index (κ3) is 6.67. The molecule has 1 aliphatic carbocycles. The zero-order valence-electron chi connectivity index (χ0n) is 15.2. The molecule has 24 heavy (non-hydrogen) atoms. The number of halogens is 1. The lowest BCUT2D eigenvalue weighted by Gasteiger charge is -2.28. The minimum absolute atomic E-state index is 0.680. The number of hydrogen-bond acceptors (Lipinski definition) is 1. The minimum Gasteiger partial charge on any atom is -0.494 e.